The average Bonchev–Trinajstić information content (AvgIpc) is 3.10. The molecule has 0 saturated heterocycles. The summed E-state index contributed by atoms with van der Waals surface area (Å²) in [6.45, 7) is 0.753. The lowest BCUT2D eigenvalue weighted by Crippen LogP contribution is -2.24. The SMILES string of the molecule is O=C(NCCC=Cc1ncnc2nc[nH]c12)OCc1ccccc1. The first kappa shape index (κ1) is 15.7. The Balaban J connectivity index is 1.40. The maximum absolute atomic E-state index is 11.6. The number of aromatic nitrogens is 4. The summed E-state index contributed by atoms with van der Waals surface area (Å²) >= 11 is 0. The van der Waals surface area contributed by atoms with Crippen LogP contribution in [0.5, 0.6) is 0 Å². The van der Waals surface area contributed by atoms with Crippen molar-refractivity contribution in [3.05, 3.63) is 60.3 Å². The summed E-state index contributed by atoms with van der Waals surface area (Å²) in [6.07, 6.45) is 7.10. The Morgan fingerprint density at radius 2 is 2.08 bits per heavy atom. The monoisotopic (exact) mass is 323 g/mol. The number of imidazole rings is 1. The number of hydrogen-bond donors (Lipinski definition) is 2. The molecule has 0 aliphatic rings. The van der Waals surface area contributed by atoms with Crippen molar-refractivity contribution in [2.75, 3.05) is 6.54 Å². The lowest BCUT2D eigenvalue weighted by atomic mass is 10.2. The number of ether oxygens (including phenoxy) is 1. The minimum absolute atomic E-state index is 0.265. The number of fused-ring (bicyclic) bond motifs is 1. The molecule has 0 spiro atoms. The van der Waals surface area contributed by atoms with Crippen LogP contribution >= 0.6 is 0 Å². The fraction of sp³-hybridized carbons (Fsp3) is 0.176. The van der Waals surface area contributed by atoms with Crippen LogP contribution in [0.3, 0.4) is 0 Å². The van der Waals surface area contributed by atoms with Crippen LogP contribution in [0.1, 0.15) is 17.7 Å². The summed E-state index contributed by atoms with van der Waals surface area (Å²) in [5.41, 5.74) is 3.15. The molecule has 2 heterocycles. The molecule has 0 bridgehead atoms. The third-order valence-electron chi connectivity index (χ3n) is 3.32. The third-order valence-corrected chi connectivity index (χ3v) is 3.32. The van der Waals surface area contributed by atoms with Gasteiger partial charge in [-0.05, 0) is 18.1 Å². The van der Waals surface area contributed by atoms with Gasteiger partial charge in [-0.15, -0.1) is 0 Å². The number of carbonyl (C=O) groups excluding carboxylic acids is 1. The summed E-state index contributed by atoms with van der Waals surface area (Å²) in [6, 6.07) is 9.56. The normalized spacial score (nSPS) is 11.0. The lowest BCUT2D eigenvalue weighted by Gasteiger charge is -2.05. The van der Waals surface area contributed by atoms with E-state index in [0.717, 1.165) is 16.8 Å². The van der Waals surface area contributed by atoms with Crippen LogP contribution in [0.2, 0.25) is 0 Å². The third kappa shape index (κ3) is 4.16. The smallest absolute Gasteiger partial charge is 0.407 e. The molecule has 122 valence electrons. The molecule has 0 unspecified atom stereocenters. The zero-order valence-electron chi connectivity index (χ0n) is 13.0. The predicted octanol–water partition coefficient (Wildman–Crippen LogP) is 2.68. The van der Waals surface area contributed by atoms with Crippen molar-refractivity contribution in [3.63, 3.8) is 0 Å². The van der Waals surface area contributed by atoms with Crippen LogP contribution < -0.4 is 5.32 Å². The minimum Gasteiger partial charge on any atom is -0.445 e. The second-order valence-corrected chi connectivity index (χ2v) is 5.04. The van der Waals surface area contributed by atoms with E-state index < -0.39 is 6.09 Å². The van der Waals surface area contributed by atoms with Crippen LogP contribution in [-0.4, -0.2) is 32.6 Å². The van der Waals surface area contributed by atoms with Crippen molar-refractivity contribution in [2.45, 2.75) is 13.0 Å². The molecular weight excluding hydrogens is 306 g/mol. The van der Waals surface area contributed by atoms with Gasteiger partial charge in [0.1, 0.15) is 18.5 Å². The van der Waals surface area contributed by atoms with E-state index in [1.165, 1.54) is 6.33 Å². The number of amides is 1. The van der Waals surface area contributed by atoms with Gasteiger partial charge in [-0.1, -0.05) is 36.4 Å². The van der Waals surface area contributed by atoms with Crippen LogP contribution in [0.25, 0.3) is 17.2 Å². The molecule has 0 radical (unpaired) electrons. The largest absolute Gasteiger partial charge is 0.445 e. The van der Waals surface area contributed by atoms with Gasteiger partial charge in [0.15, 0.2) is 5.65 Å². The Hall–Kier alpha value is -3.22. The van der Waals surface area contributed by atoms with Gasteiger partial charge in [0.25, 0.3) is 0 Å². The Morgan fingerprint density at radius 1 is 1.21 bits per heavy atom. The van der Waals surface area contributed by atoms with Gasteiger partial charge < -0.3 is 15.0 Å². The Labute approximate surface area is 138 Å². The van der Waals surface area contributed by atoms with E-state index in [4.69, 9.17) is 4.74 Å². The van der Waals surface area contributed by atoms with E-state index in [1.54, 1.807) is 6.33 Å². The predicted molar refractivity (Wildman–Crippen MR) is 90.0 cm³/mol. The quantitative estimate of drug-likeness (QED) is 0.680. The molecule has 7 heteroatoms. The first-order valence-electron chi connectivity index (χ1n) is 7.58. The fourth-order valence-electron chi connectivity index (χ4n) is 2.14. The van der Waals surface area contributed by atoms with E-state index in [9.17, 15) is 4.79 Å². The molecule has 0 fully saturated rings. The number of carbonyl (C=O) groups is 1. The van der Waals surface area contributed by atoms with Crippen LogP contribution in [0, 0.1) is 0 Å². The van der Waals surface area contributed by atoms with E-state index in [-0.39, 0.29) is 6.61 Å². The van der Waals surface area contributed by atoms with Gasteiger partial charge in [0, 0.05) is 6.54 Å². The molecule has 0 aliphatic carbocycles. The highest BCUT2D eigenvalue weighted by molar-refractivity contribution is 5.78. The van der Waals surface area contributed by atoms with Crippen molar-refractivity contribution in [3.8, 4) is 0 Å². The van der Waals surface area contributed by atoms with Crippen molar-refractivity contribution in [1.29, 1.82) is 0 Å². The molecule has 3 rings (SSSR count). The van der Waals surface area contributed by atoms with Crippen molar-refractivity contribution >= 4 is 23.3 Å². The molecule has 24 heavy (non-hydrogen) atoms. The number of aromatic amines is 1. The van der Waals surface area contributed by atoms with Crippen LogP contribution in [0.15, 0.2) is 49.1 Å². The highest BCUT2D eigenvalue weighted by Crippen LogP contribution is 2.10. The lowest BCUT2D eigenvalue weighted by molar-refractivity contribution is 0.140. The number of nitrogens with zero attached hydrogens (tertiary/aromatic N) is 3. The van der Waals surface area contributed by atoms with Crippen molar-refractivity contribution in [1.82, 2.24) is 25.3 Å². The maximum Gasteiger partial charge on any atom is 0.407 e. The highest BCUT2D eigenvalue weighted by Gasteiger charge is 2.03. The zero-order valence-corrected chi connectivity index (χ0v) is 13.0. The summed E-state index contributed by atoms with van der Waals surface area (Å²) in [7, 11) is 0. The Bertz CT molecular complexity index is 829. The van der Waals surface area contributed by atoms with Gasteiger partial charge in [0.05, 0.1) is 12.0 Å². The molecule has 0 aliphatic heterocycles. The second-order valence-electron chi connectivity index (χ2n) is 5.04. The highest BCUT2D eigenvalue weighted by atomic mass is 16.5. The molecule has 0 atom stereocenters. The topological polar surface area (TPSA) is 92.8 Å². The number of nitrogens with one attached hydrogen (secondary N) is 2. The molecule has 3 aromatic rings. The van der Waals surface area contributed by atoms with Gasteiger partial charge in [0.2, 0.25) is 0 Å². The molecule has 1 aromatic carbocycles. The average molecular weight is 323 g/mol. The van der Waals surface area contributed by atoms with Gasteiger partial charge >= 0.3 is 6.09 Å². The zero-order chi connectivity index (χ0) is 16.6. The van der Waals surface area contributed by atoms with Gasteiger partial charge in [-0.2, -0.15) is 0 Å². The molecule has 0 saturated carbocycles. The second kappa shape index (κ2) is 7.87. The van der Waals surface area contributed by atoms with E-state index in [1.807, 2.05) is 42.5 Å². The van der Waals surface area contributed by atoms with E-state index in [0.29, 0.717) is 18.6 Å². The van der Waals surface area contributed by atoms with Crippen LogP contribution in [0.4, 0.5) is 4.79 Å². The molecule has 7 nitrogen and oxygen atoms in total. The first-order chi connectivity index (χ1) is 11.8. The van der Waals surface area contributed by atoms with Crippen molar-refractivity contribution in [2.24, 2.45) is 0 Å². The summed E-state index contributed by atoms with van der Waals surface area (Å²) in [5, 5.41) is 2.71. The summed E-state index contributed by atoms with van der Waals surface area (Å²) in [4.78, 5) is 26.9. The first-order valence-corrected chi connectivity index (χ1v) is 7.58. The summed E-state index contributed by atoms with van der Waals surface area (Å²) < 4.78 is 5.13. The van der Waals surface area contributed by atoms with Crippen molar-refractivity contribution < 1.29 is 9.53 Å². The van der Waals surface area contributed by atoms with Gasteiger partial charge in [-0.3, -0.25) is 0 Å². The molecule has 2 N–H and O–H groups in total. The number of benzene rings is 1. The number of H-pyrrole nitrogens is 1. The van der Waals surface area contributed by atoms with E-state index >= 15 is 0 Å². The Kier molecular flexibility index (Phi) is 5.14. The molecule has 1 amide bonds. The van der Waals surface area contributed by atoms with Gasteiger partial charge in [-0.25, -0.2) is 19.7 Å². The van der Waals surface area contributed by atoms with Crippen LogP contribution in [-0.2, 0) is 11.3 Å². The minimum atomic E-state index is -0.426. The number of rotatable bonds is 6. The number of hydrogen-bond acceptors (Lipinski definition) is 5. The standard InChI is InChI=1S/C17H17N5O2/c23-17(24-10-13-6-2-1-3-7-13)18-9-5-4-8-14-15-16(21-11-19-14)22-12-20-15/h1-4,6-8,11-12H,5,9-10H2,(H,18,23)(H,19,20,21,22). The Morgan fingerprint density at radius 3 is 2.96 bits per heavy atom. The summed E-state index contributed by atoms with van der Waals surface area (Å²) in [5.74, 6) is 0. The molecule has 2 aromatic heterocycles. The molecular formula is C17H17N5O2. The number of alkyl carbamates (subject to hydrolysis) is 1. The maximum atomic E-state index is 11.6. The fourth-order valence-corrected chi connectivity index (χ4v) is 2.14. The van der Waals surface area contributed by atoms with E-state index in [2.05, 4.69) is 25.3 Å².